The van der Waals surface area contributed by atoms with E-state index in [9.17, 15) is 91.3 Å². The Morgan fingerprint density at radius 3 is 1.18 bits per heavy atom. The number of aliphatic hydroxyl groups is 16. The first kappa shape index (κ1) is 45.3. The molecule has 51 heavy (non-hydrogen) atoms. The average molecular weight is 755 g/mol. The third-order valence-corrected chi connectivity index (χ3v) is 8.22. The number of hydrogen-bond donors (Lipinski definition) is 18. The lowest BCUT2D eigenvalue weighted by molar-refractivity contribution is -0.326. The minimum atomic E-state index is -2.36. The SMILES string of the molecule is O=C(NCCCNC(=O)[C@H](O)[C@@H](O)[C@H](O[C@@H]1O[C@H](CO)[C@H](O)[C@H](O)[C@H]1O)[C@H](O)CO)[C@H](O)[C@@H](O)[C@H](O[C@@H]1O[C@H](CO)[C@H](O)[C@H](O)[C@H]1O)[C@H](O)CO. The van der Waals surface area contributed by atoms with Crippen molar-refractivity contribution in [1.29, 1.82) is 0 Å². The molecule has 18 N–H and O–H groups in total. The second kappa shape index (κ2) is 21.1. The van der Waals surface area contributed by atoms with Gasteiger partial charge in [0, 0.05) is 13.1 Å². The summed E-state index contributed by atoms with van der Waals surface area (Å²) >= 11 is 0. The first-order valence-electron chi connectivity index (χ1n) is 15.7. The number of aliphatic hydroxyl groups excluding tert-OH is 16. The smallest absolute Gasteiger partial charge is 0.251 e. The normalized spacial score (nSPS) is 34.7. The van der Waals surface area contributed by atoms with Crippen LogP contribution >= 0.6 is 0 Å². The number of carbonyl (C=O) groups is 2. The summed E-state index contributed by atoms with van der Waals surface area (Å²) in [5, 5.41) is 164. The molecule has 0 aromatic heterocycles. The standard InChI is InChI=1S/C27H50N2O22/c30-4-8(34)22(50-26-20(44)14(38)12(36)10(6-32)48-26)16(40)18(42)24(46)28-2-1-3-29-25(47)19(43)17(41)23(9(35)5-31)51-27-21(45)15(39)13(37)11(7-33)49-27/h8-23,26-27,30-45H,1-7H2,(H,28,46)(H,29,47)/t8-,9-,10-,11-,12+,13+,14+,15+,16-,17-,18-,19-,20-,21-,22-,23-,26+,27+/m1/s1. The molecule has 0 aliphatic carbocycles. The molecule has 300 valence electrons. The van der Waals surface area contributed by atoms with E-state index in [-0.39, 0.29) is 19.5 Å². The van der Waals surface area contributed by atoms with E-state index in [1.54, 1.807) is 0 Å². The van der Waals surface area contributed by atoms with Crippen LogP contribution in [-0.2, 0) is 28.5 Å². The fraction of sp³-hybridized carbons (Fsp3) is 0.926. The number of amides is 2. The van der Waals surface area contributed by atoms with Gasteiger partial charge in [-0.05, 0) is 6.42 Å². The Morgan fingerprint density at radius 2 is 0.882 bits per heavy atom. The van der Waals surface area contributed by atoms with Crippen molar-refractivity contribution in [3.63, 3.8) is 0 Å². The zero-order chi connectivity index (χ0) is 38.7. The molecule has 18 atom stereocenters. The van der Waals surface area contributed by atoms with Crippen molar-refractivity contribution in [2.45, 2.75) is 117 Å². The van der Waals surface area contributed by atoms with Crippen LogP contribution in [0.2, 0.25) is 0 Å². The third-order valence-electron chi connectivity index (χ3n) is 8.22. The molecule has 0 saturated carbocycles. The molecule has 2 rings (SSSR count). The van der Waals surface area contributed by atoms with Crippen LogP contribution in [0.3, 0.4) is 0 Å². The second-order valence-corrected chi connectivity index (χ2v) is 11.9. The molecule has 0 aromatic rings. The molecule has 2 heterocycles. The molecular formula is C27H50N2O22. The van der Waals surface area contributed by atoms with Gasteiger partial charge in [-0.15, -0.1) is 0 Å². The van der Waals surface area contributed by atoms with Crippen molar-refractivity contribution >= 4 is 11.8 Å². The lowest BCUT2D eigenvalue weighted by Crippen LogP contribution is -2.62. The highest BCUT2D eigenvalue weighted by Crippen LogP contribution is 2.26. The van der Waals surface area contributed by atoms with Crippen LogP contribution in [0.15, 0.2) is 0 Å². The van der Waals surface area contributed by atoms with Gasteiger partial charge in [-0.2, -0.15) is 0 Å². The number of carbonyl (C=O) groups excluding carboxylic acids is 2. The maximum atomic E-state index is 12.5. The van der Waals surface area contributed by atoms with Crippen molar-refractivity contribution < 1.29 is 110 Å². The fourth-order valence-corrected chi connectivity index (χ4v) is 5.06. The molecule has 0 bridgehead atoms. The predicted molar refractivity (Wildman–Crippen MR) is 158 cm³/mol. The Labute approximate surface area is 289 Å². The van der Waals surface area contributed by atoms with Gasteiger partial charge in [-0.25, -0.2) is 0 Å². The average Bonchev–Trinajstić information content (AvgIpc) is 3.13. The Morgan fingerprint density at radius 1 is 0.549 bits per heavy atom. The van der Waals surface area contributed by atoms with E-state index in [1.165, 1.54) is 0 Å². The first-order chi connectivity index (χ1) is 24.0. The monoisotopic (exact) mass is 754 g/mol. The van der Waals surface area contributed by atoms with Gasteiger partial charge < -0.3 is 111 Å². The maximum absolute atomic E-state index is 12.5. The van der Waals surface area contributed by atoms with Crippen LogP contribution in [0.1, 0.15) is 6.42 Å². The molecule has 2 aliphatic rings. The highest BCUT2D eigenvalue weighted by atomic mass is 16.7. The molecule has 2 aliphatic heterocycles. The summed E-state index contributed by atoms with van der Waals surface area (Å²) in [6.07, 6.45) is -35.6. The van der Waals surface area contributed by atoms with Crippen LogP contribution in [-0.4, -0.2) is 243 Å². The van der Waals surface area contributed by atoms with Gasteiger partial charge in [-0.1, -0.05) is 0 Å². The quantitative estimate of drug-likeness (QED) is 0.0513. The Bertz CT molecular complexity index is 967. The van der Waals surface area contributed by atoms with Crippen molar-refractivity contribution in [2.75, 3.05) is 39.5 Å². The van der Waals surface area contributed by atoms with Gasteiger partial charge in [-0.3, -0.25) is 9.59 Å². The van der Waals surface area contributed by atoms with Crippen molar-refractivity contribution in [1.82, 2.24) is 10.6 Å². The van der Waals surface area contributed by atoms with E-state index in [0.29, 0.717) is 0 Å². The Hall–Kier alpha value is -1.86. The van der Waals surface area contributed by atoms with Crippen molar-refractivity contribution in [2.24, 2.45) is 0 Å². The molecule has 24 nitrogen and oxygen atoms in total. The van der Waals surface area contributed by atoms with Crippen LogP contribution in [0.25, 0.3) is 0 Å². The van der Waals surface area contributed by atoms with Gasteiger partial charge in [0.25, 0.3) is 11.8 Å². The van der Waals surface area contributed by atoms with Crippen LogP contribution in [0.4, 0.5) is 0 Å². The minimum absolute atomic E-state index is 0.114. The lowest BCUT2D eigenvalue weighted by atomic mass is 9.98. The van der Waals surface area contributed by atoms with Gasteiger partial charge in [0.2, 0.25) is 0 Å². The summed E-state index contributed by atoms with van der Waals surface area (Å²) in [5.74, 6) is -2.52. The van der Waals surface area contributed by atoms with Crippen LogP contribution < -0.4 is 10.6 Å². The van der Waals surface area contributed by atoms with E-state index in [2.05, 4.69) is 10.6 Å². The fourth-order valence-electron chi connectivity index (χ4n) is 5.06. The van der Waals surface area contributed by atoms with Gasteiger partial charge in [0.1, 0.15) is 85.5 Å². The molecule has 24 heteroatoms. The minimum Gasteiger partial charge on any atom is -0.394 e. The summed E-state index contributed by atoms with van der Waals surface area (Å²) < 4.78 is 20.7. The van der Waals surface area contributed by atoms with E-state index in [4.69, 9.17) is 18.9 Å². The van der Waals surface area contributed by atoms with Crippen LogP contribution in [0, 0.1) is 0 Å². The molecule has 0 spiro atoms. The molecule has 2 fully saturated rings. The second-order valence-electron chi connectivity index (χ2n) is 11.9. The molecule has 2 amide bonds. The van der Waals surface area contributed by atoms with Crippen LogP contribution in [0.5, 0.6) is 0 Å². The first-order valence-corrected chi connectivity index (χ1v) is 15.7. The van der Waals surface area contributed by atoms with Gasteiger partial charge >= 0.3 is 0 Å². The topological polar surface area (TPSA) is 419 Å². The largest absolute Gasteiger partial charge is 0.394 e. The summed E-state index contributed by atoms with van der Waals surface area (Å²) in [6.45, 7) is -4.50. The number of ether oxygens (including phenoxy) is 4. The molecule has 0 aromatic carbocycles. The summed E-state index contributed by atoms with van der Waals surface area (Å²) in [7, 11) is 0. The van der Waals surface area contributed by atoms with E-state index in [0.717, 1.165) is 0 Å². The molecule has 0 unspecified atom stereocenters. The Balaban J connectivity index is 1.91. The highest BCUT2D eigenvalue weighted by molar-refractivity contribution is 5.81. The molecular weight excluding hydrogens is 704 g/mol. The third kappa shape index (κ3) is 11.6. The summed E-state index contributed by atoms with van der Waals surface area (Å²) in [6, 6.07) is 0. The lowest BCUT2D eigenvalue weighted by Gasteiger charge is -2.42. The maximum Gasteiger partial charge on any atom is 0.251 e. The number of rotatable bonds is 20. The highest BCUT2D eigenvalue weighted by Gasteiger charge is 2.49. The summed E-state index contributed by atoms with van der Waals surface area (Å²) in [4.78, 5) is 25.0. The zero-order valence-electron chi connectivity index (χ0n) is 26.9. The molecule has 0 radical (unpaired) electrons. The van der Waals surface area contributed by atoms with Crippen molar-refractivity contribution in [3.8, 4) is 0 Å². The van der Waals surface area contributed by atoms with E-state index in [1.807, 2.05) is 0 Å². The van der Waals surface area contributed by atoms with E-state index >= 15 is 0 Å². The number of nitrogens with one attached hydrogen (secondary N) is 2. The summed E-state index contributed by atoms with van der Waals surface area (Å²) in [5.41, 5.74) is 0. The predicted octanol–water partition coefficient (Wildman–Crippen LogP) is -11.9. The van der Waals surface area contributed by atoms with Crippen molar-refractivity contribution in [3.05, 3.63) is 0 Å². The zero-order valence-corrected chi connectivity index (χ0v) is 26.9. The van der Waals surface area contributed by atoms with Gasteiger partial charge in [0.05, 0.1) is 26.4 Å². The van der Waals surface area contributed by atoms with Gasteiger partial charge in [0.15, 0.2) is 24.8 Å². The molecule has 2 saturated heterocycles. The Kier molecular flexibility index (Phi) is 18.8. The number of hydrogen-bond acceptors (Lipinski definition) is 22. The van der Waals surface area contributed by atoms with E-state index < -0.39 is 148 Å².